The quantitative estimate of drug-likeness (QED) is 0.560. The summed E-state index contributed by atoms with van der Waals surface area (Å²) in [6, 6.07) is 13.7. The molecule has 0 bridgehead atoms. The number of amides is 1. The van der Waals surface area contributed by atoms with Gasteiger partial charge in [-0.1, -0.05) is 19.4 Å². The van der Waals surface area contributed by atoms with Crippen molar-refractivity contribution in [2.45, 2.75) is 39.5 Å². The van der Waals surface area contributed by atoms with Gasteiger partial charge < -0.3 is 19.7 Å². The van der Waals surface area contributed by atoms with Gasteiger partial charge in [0.15, 0.2) is 11.5 Å². The Morgan fingerprint density at radius 3 is 2.39 bits per heavy atom. The lowest BCUT2D eigenvalue weighted by Gasteiger charge is -2.14. The van der Waals surface area contributed by atoms with Crippen LogP contribution in [-0.4, -0.2) is 33.2 Å². The second-order valence-corrected chi connectivity index (χ2v) is 6.91. The minimum absolute atomic E-state index is 0.00108. The van der Waals surface area contributed by atoms with E-state index in [1.165, 1.54) is 0 Å². The Labute approximate surface area is 168 Å². The SMILES string of the molecule is CCCCOc1ccc(CCC(=O)Nc2ccc(N(C)C)cc2)cc1OCC. The Hall–Kier alpha value is -2.69. The van der Waals surface area contributed by atoms with Gasteiger partial charge in [0.1, 0.15) is 0 Å². The minimum atomic E-state index is -0.00108. The third-order valence-corrected chi connectivity index (χ3v) is 4.37. The predicted octanol–water partition coefficient (Wildman–Crippen LogP) is 4.90. The highest BCUT2D eigenvalue weighted by Gasteiger charge is 2.09. The Morgan fingerprint density at radius 2 is 1.75 bits per heavy atom. The number of rotatable bonds is 11. The van der Waals surface area contributed by atoms with E-state index in [-0.39, 0.29) is 5.91 Å². The summed E-state index contributed by atoms with van der Waals surface area (Å²) in [6.07, 6.45) is 3.17. The van der Waals surface area contributed by atoms with E-state index in [1.54, 1.807) is 0 Å². The summed E-state index contributed by atoms with van der Waals surface area (Å²) in [5.41, 5.74) is 2.97. The van der Waals surface area contributed by atoms with Gasteiger partial charge in [-0.25, -0.2) is 0 Å². The molecule has 2 rings (SSSR count). The summed E-state index contributed by atoms with van der Waals surface area (Å²) in [7, 11) is 3.98. The standard InChI is InChI=1S/C23H32N2O3/c1-5-7-16-28-21-14-8-18(17-22(21)27-6-2)9-15-23(26)24-19-10-12-20(13-11-19)25(3)4/h8,10-14,17H,5-7,9,15-16H2,1-4H3,(H,24,26). The number of carbonyl (C=O) groups excluding carboxylic acids is 1. The van der Waals surface area contributed by atoms with E-state index in [4.69, 9.17) is 9.47 Å². The lowest BCUT2D eigenvalue weighted by atomic mass is 10.1. The van der Waals surface area contributed by atoms with Crippen LogP contribution >= 0.6 is 0 Å². The van der Waals surface area contributed by atoms with Gasteiger partial charge >= 0.3 is 0 Å². The Kier molecular flexibility index (Phi) is 8.66. The van der Waals surface area contributed by atoms with Crippen LogP contribution in [0.2, 0.25) is 0 Å². The molecular formula is C23H32N2O3. The number of aryl methyl sites for hydroxylation is 1. The van der Waals surface area contributed by atoms with E-state index in [1.807, 2.05) is 68.4 Å². The van der Waals surface area contributed by atoms with E-state index in [9.17, 15) is 4.79 Å². The molecule has 0 aliphatic heterocycles. The largest absolute Gasteiger partial charge is 0.490 e. The molecule has 0 aliphatic rings. The van der Waals surface area contributed by atoms with Gasteiger partial charge in [-0.05, 0) is 61.7 Å². The number of benzene rings is 2. The molecule has 0 aromatic heterocycles. The number of carbonyl (C=O) groups is 1. The molecule has 0 unspecified atom stereocenters. The highest BCUT2D eigenvalue weighted by atomic mass is 16.5. The highest BCUT2D eigenvalue weighted by molar-refractivity contribution is 5.91. The molecule has 5 heteroatoms. The minimum Gasteiger partial charge on any atom is -0.490 e. The van der Waals surface area contributed by atoms with Crippen LogP contribution in [0.1, 0.15) is 38.7 Å². The van der Waals surface area contributed by atoms with Gasteiger partial charge in [0.25, 0.3) is 0 Å². The number of anilines is 2. The normalized spacial score (nSPS) is 10.4. The molecule has 0 saturated carbocycles. The molecule has 0 atom stereocenters. The molecule has 28 heavy (non-hydrogen) atoms. The maximum Gasteiger partial charge on any atom is 0.224 e. The zero-order valence-electron chi connectivity index (χ0n) is 17.5. The molecule has 5 nitrogen and oxygen atoms in total. The highest BCUT2D eigenvalue weighted by Crippen LogP contribution is 2.29. The van der Waals surface area contributed by atoms with Gasteiger partial charge in [0.2, 0.25) is 5.91 Å². The third-order valence-electron chi connectivity index (χ3n) is 4.37. The third kappa shape index (κ3) is 6.80. The van der Waals surface area contributed by atoms with E-state index < -0.39 is 0 Å². The lowest BCUT2D eigenvalue weighted by Crippen LogP contribution is -2.13. The molecular weight excluding hydrogens is 352 g/mol. The Bertz CT molecular complexity index is 742. The van der Waals surface area contributed by atoms with Crippen LogP contribution in [-0.2, 0) is 11.2 Å². The van der Waals surface area contributed by atoms with E-state index in [0.717, 1.165) is 41.3 Å². The van der Waals surface area contributed by atoms with Crippen molar-refractivity contribution in [3.63, 3.8) is 0 Å². The number of nitrogens with one attached hydrogen (secondary N) is 1. The molecule has 2 aromatic rings. The second kappa shape index (κ2) is 11.2. The molecule has 0 saturated heterocycles. The summed E-state index contributed by atoms with van der Waals surface area (Å²) in [5.74, 6) is 1.51. The zero-order chi connectivity index (χ0) is 20.4. The first-order valence-corrected chi connectivity index (χ1v) is 9.99. The molecule has 0 fully saturated rings. The van der Waals surface area contributed by atoms with Gasteiger partial charge in [-0.3, -0.25) is 4.79 Å². The van der Waals surface area contributed by atoms with Crippen LogP contribution in [0.15, 0.2) is 42.5 Å². The van der Waals surface area contributed by atoms with Crippen molar-refractivity contribution in [3.05, 3.63) is 48.0 Å². The van der Waals surface area contributed by atoms with Crippen molar-refractivity contribution < 1.29 is 14.3 Å². The number of nitrogens with zero attached hydrogens (tertiary/aromatic N) is 1. The predicted molar refractivity (Wildman–Crippen MR) is 116 cm³/mol. The average molecular weight is 385 g/mol. The summed E-state index contributed by atoms with van der Waals surface area (Å²) in [5, 5.41) is 2.95. The first-order chi connectivity index (χ1) is 13.5. The number of unbranched alkanes of at least 4 members (excludes halogenated alkanes) is 1. The van der Waals surface area contributed by atoms with Crippen LogP contribution in [0.25, 0.3) is 0 Å². The maximum absolute atomic E-state index is 12.3. The monoisotopic (exact) mass is 384 g/mol. The molecule has 1 amide bonds. The molecule has 0 aliphatic carbocycles. The molecule has 1 N–H and O–H groups in total. The van der Waals surface area contributed by atoms with Gasteiger partial charge in [0.05, 0.1) is 13.2 Å². The maximum atomic E-state index is 12.3. The van der Waals surface area contributed by atoms with Gasteiger partial charge in [-0.15, -0.1) is 0 Å². The molecule has 2 aromatic carbocycles. The van der Waals surface area contributed by atoms with Crippen molar-refractivity contribution >= 4 is 17.3 Å². The summed E-state index contributed by atoms with van der Waals surface area (Å²) in [6.45, 7) is 5.36. The first-order valence-electron chi connectivity index (χ1n) is 9.99. The van der Waals surface area contributed by atoms with E-state index in [0.29, 0.717) is 26.1 Å². The molecule has 0 heterocycles. The van der Waals surface area contributed by atoms with E-state index >= 15 is 0 Å². The summed E-state index contributed by atoms with van der Waals surface area (Å²) in [4.78, 5) is 14.3. The lowest BCUT2D eigenvalue weighted by molar-refractivity contribution is -0.116. The van der Waals surface area contributed by atoms with Crippen molar-refractivity contribution in [1.29, 1.82) is 0 Å². The van der Waals surface area contributed by atoms with Crippen molar-refractivity contribution in [2.24, 2.45) is 0 Å². The van der Waals surface area contributed by atoms with Crippen LogP contribution in [0.5, 0.6) is 11.5 Å². The van der Waals surface area contributed by atoms with E-state index in [2.05, 4.69) is 12.2 Å². The Morgan fingerprint density at radius 1 is 1.00 bits per heavy atom. The number of ether oxygens (including phenoxy) is 2. The molecule has 0 radical (unpaired) electrons. The van der Waals surface area contributed by atoms with Crippen LogP contribution in [0, 0.1) is 0 Å². The van der Waals surface area contributed by atoms with Crippen molar-refractivity contribution in [3.8, 4) is 11.5 Å². The van der Waals surface area contributed by atoms with Gasteiger partial charge in [0, 0.05) is 31.9 Å². The number of hydrogen-bond acceptors (Lipinski definition) is 4. The number of hydrogen-bond donors (Lipinski definition) is 1. The topological polar surface area (TPSA) is 50.8 Å². The zero-order valence-corrected chi connectivity index (χ0v) is 17.5. The van der Waals surface area contributed by atoms with Crippen LogP contribution < -0.4 is 19.7 Å². The van der Waals surface area contributed by atoms with Crippen molar-refractivity contribution in [1.82, 2.24) is 0 Å². The first kappa shape index (κ1) is 21.6. The fourth-order valence-corrected chi connectivity index (χ4v) is 2.75. The summed E-state index contributed by atoms with van der Waals surface area (Å²) < 4.78 is 11.5. The van der Waals surface area contributed by atoms with Crippen molar-refractivity contribution in [2.75, 3.05) is 37.5 Å². The van der Waals surface area contributed by atoms with Gasteiger partial charge in [-0.2, -0.15) is 0 Å². The fraction of sp³-hybridized carbons (Fsp3) is 0.435. The Balaban J connectivity index is 1.91. The molecule has 152 valence electrons. The summed E-state index contributed by atoms with van der Waals surface area (Å²) >= 11 is 0. The molecule has 0 spiro atoms. The second-order valence-electron chi connectivity index (χ2n) is 6.91. The smallest absolute Gasteiger partial charge is 0.224 e. The average Bonchev–Trinajstić information content (AvgIpc) is 2.68. The fourth-order valence-electron chi connectivity index (χ4n) is 2.75. The van der Waals surface area contributed by atoms with Crippen LogP contribution in [0.4, 0.5) is 11.4 Å². The van der Waals surface area contributed by atoms with Crippen LogP contribution in [0.3, 0.4) is 0 Å².